The smallest absolute Gasteiger partial charge is 0.336 e. The van der Waals surface area contributed by atoms with Crippen LogP contribution < -0.4 is 0 Å². The van der Waals surface area contributed by atoms with Crippen molar-refractivity contribution in [3.63, 3.8) is 0 Å². The van der Waals surface area contributed by atoms with Crippen LogP contribution in [0.15, 0.2) is 11.9 Å². The van der Waals surface area contributed by atoms with Crippen LogP contribution >= 0.6 is 0 Å². The van der Waals surface area contributed by atoms with E-state index < -0.39 is 27.9 Å². The molecule has 5 nitrogen and oxygen atoms in total. The third-order valence-electron chi connectivity index (χ3n) is 1.24. The SMILES string of the molecule is CC(=CF)C(=O)OC(C)CS(=O)(=O)O. The summed E-state index contributed by atoms with van der Waals surface area (Å²) >= 11 is 0. The summed E-state index contributed by atoms with van der Waals surface area (Å²) in [4.78, 5) is 10.9. The highest BCUT2D eigenvalue weighted by molar-refractivity contribution is 7.85. The predicted molar refractivity (Wildman–Crippen MR) is 46.8 cm³/mol. The van der Waals surface area contributed by atoms with Crippen LogP contribution in [-0.4, -0.2) is 30.8 Å². The summed E-state index contributed by atoms with van der Waals surface area (Å²) in [5, 5.41) is 0. The molecule has 0 aliphatic carbocycles. The van der Waals surface area contributed by atoms with Crippen LogP contribution in [0.2, 0.25) is 0 Å². The second-order valence-corrected chi connectivity index (χ2v) is 4.25. The van der Waals surface area contributed by atoms with Crippen LogP contribution in [0.25, 0.3) is 0 Å². The fourth-order valence-corrected chi connectivity index (χ4v) is 1.31. The molecule has 1 atom stereocenters. The molecule has 0 aromatic rings. The number of esters is 1. The van der Waals surface area contributed by atoms with Crippen molar-refractivity contribution in [2.45, 2.75) is 20.0 Å². The average Bonchev–Trinajstić information content (AvgIpc) is 1.99. The third-order valence-corrected chi connectivity index (χ3v) is 2.13. The Morgan fingerprint density at radius 2 is 2.14 bits per heavy atom. The molecule has 0 fully saturated rings. The number of ether oxygens (including phenoxy) is 1. The van der Waals surface area contributed by atoms with Gasteiger partial charge in [0, 0.05) is 0 Å². The van der Waals surface area contributed by atoms with E-state index >= 15 is 0 Å². The highest BCUT2D eigenvalue weighted by atomic mass is 32.2. The highest BCUT2D eigenvalue weighted by Crippen LogP contribution is 2.02. The maximum Gasteiger partial charge on any atom is 0.336 e. The van der Waals surface area contributed by atoms with Gasteiger partial charge < -0.3 is 4.74 Å². The minimum Gasteiger partial charge on any atom is -0.458 e. The number of hydrogen-bond donors (Lipinski definition) is 1. The molecule has 1 N–H and O–H groups in total. The van der Waals surface area contributed by atoms with Crippen molar-refractivity contribution in [2.24, 2.45) is 0 Å². The minimum atomic E-state index is -4.19. The summed E-state index contributed by atoms with van der Waals surface area (Å²) in [5.74, 6) is -1.66. The average molecular weight is 226 g/mol. The quantitative estimate of drug-likeness (QED) is 0.433. The molecular formula is C7H11FO5S. The molecule has 0 bridgehead atoms. The minimum absolute atomic E-state index is 0.0580. The van der Waals surface area contributed by atoms with E-state index in [1.165, 1.54) is 13.8 Å². The number of hydrogen-bond acceptors (Lipinski definition) is 4. The topological polar surface area (TPSA) is 80.7 Å². The zero-order chi connectivity index (χ0) is 11.4. The van der Waals surface area contributed by atoms with Crippen LogP contribution in [0.5, 0.6) is 0 Å². The van der Waals surface area contributed by atoms with E-state index in [4.69, 9.17) is 4.55 Å². The van der Waals surface area contributed by atoms with Gasteiger partial charge in [-0.3, -0.25) is 4.55 Å². The molecule has 0 aliphatic heterocycles. The lowest BCUT2D eigenvalue weighted by Gasteiger charge is -2.10. The monoisotopic (exact) mass is 226 g/mol. The van der Waals surface area contributed by atoms with Crippen molar-refractivity contribution in [1.82, 2.24) is 0 Å². The van der Waals surface area contributed by atoms with Gasteiger partial charge in [0.1, 0.15) is 11.9 Å². The summed E-state index contributed by atoms with van der Waals surface area (Å²) in [6.07, 6.45) is -0.963. The summed E-state index contributed by atoms with van der Waals surface area (Å²) in [6.45, 7) is 2.46. The molecule has 0 rings (SSSR count). The lowest BCUT2D eigenvalue weighted by Crippen LogP contribution is -2.24. The fraction of sp³-hybridized carbons (Fsp3) is 0.571. The van der Waals surface area contributed by atoms with Crippen LogP contribution in [0.4, 0.5) is 4.39 Å². The Morgan fingerprint density at radius 3 is 2.50 bits per heavy atom. The first-order chi connectivity index (χ1) is 6.26. The second-order valence-electron chi connectivity index (χ2n) is 2.76. The summed E-state index contributed by atoms with van der Waals surface area (Å²) in [7, 11) is -4.19. The lowest BCUT2D eigenvalue weighted by molar-refractivity contribution is -0.142. The first-order valence-electron chi connectivity index (χ1n) is 3.69. The maximum absolute atomic E-state index is 11.8. The zero-order valence-electron chi connectivity index (χ0n) is 7.73. The van der Waals surface area contributed by atoms with Crippen LogP contribution in [0, 0.1) is 0 Å². The van der Waals surface area contributed by atoms with Gasteiger partial charge in [0.05, 0.1) is 11.9 Å². The molecule has 0 amide bonds. The molecule has 0 saturated heterocycles. The Morgan fingerprint density at radius 1 is 1.64 bits per heavy atom. The standard InChI is InChI=1S/C7H11FO5S/c1-5(3-8)7(9)13-6(2)4-14(10,11)12/h3,6H,4H2,1-2H3,(H,10,11,12). The molecule has 7 heteroatoms. The summed E-state index contributed by atoms with van der Waals surface area (Å²) in [5.41, 5.74) is -0.271. The molecule has 0 heterocycles. The van der Waals surface area contributed by atoms with E-state index in [0.29, 0.717) is 0 Å². The molecule has 0 spiro atoms. The van der Waals surface area contributed by atoms with Gasteiger partial charge in [-0.15, -0.1) is 0 Å². The molecule has 0 saturated carbocycles. The van der Waals surface area contributed by atoms with Crippen LogP contribution in [0.3, 0.4) is 0 Å². The Bertz CT molecular complexity index is 332. The molecule has 0 aliphatic rings. The molecule has 1 unspecified atom stereocenters. The van der Waals surface area contributed by atoms with Crippen LogP contribution in [0.1, 0.15) is 13.8 Å². The molecule has 14 heavy (non-hydrogen) atoms. The highest BCUT2D eigenvalue weighted by Gasteiger charge is 2.17. The molecule has 0 aromatic heterocycles. The Labute approximate surface area is 81.3 Å². The predicted octanol–water partition coefficient (Wildman–Crippen LogP) is 0.679. The Kier molecular flexibility index (Phi) is 4.72. The van der Waals surface area contributed by atoms with Crippen molar-refractivity contribution in [1.29, 1.82) is 0 Å². The molecule has 82 valence electrons. The summed E-state index contributed by atoms with van der Waals surface area (Å²) < 4.78 is 45.4. The van der Waals surface area contributed by atoms with E-state index in [0.717, 1.165) is 0 Å². The van der Waals surface area contributed by atoms with Gasteiger partial charge in [-0.1, -0.05) is 0 Å². The van der Waals surface area contributed by atoms with Gasteiger partial charge in [0.2, 0.25) is 0 Å². The lowest BCUT2D eigenvalue weighted by atomic mass is 10.3. The van der Waals surface area contributed by atoms with Gasteiger partial charge in [-0.05, 0) is 13.8 Å². The largest absolute Gasteiger partial charge is 0.458 e. The third kappa shape index (κ3) is 5.65. The molecule has 0 radical (unpaired) electrons. The van der Waals surface area contributed by atoms with Gasteiger partial charge in [0.25, 0.3) is 10.1 Å². The molecular weight excluding hydrogens is 215 g/mol. The summed E-state index contributed by atoms with van der Waals surface area (Å²) in [6, 6.07) is 0. The van der Waals surface area contributed by atoms with Gasteiger partial charge in [0.15, 0.2) is 0 Å². The number of carbonyl (C=O) groups excluding carboxylic acids is 1. The van der Waals surface area contributed by atoms with E-state index in [-0.39, 0.29) is 11.9 Å². The number of rotatable bonds is 4. The first-order valence-corrected chi connectivity index (χ1v) is 5.30. The van der Waals surface area contributed by atoms with Crippen molar-refractivity contribution in [3.8, 4) is 0 Å². The second kappa shape index (κ2) is 5.06. The Balaban J connectivity index is 4.21. The van der Waals surface area contributed by atoms with Crippen LogP contribution in [-0.2, 0) is 19.6 Å². The van der Waals surface area contributed by atoms with Crippen molar-refractivity contribution >= 4 is 16.1 Å². The number of halogens is 1. The number of carbonyl (C=O) groups is 1. The van der Waals surface area contributed by atoms with E-state index in [1.807, 2.05) is 0 Å². The fourth-order valence-electron chi connectivity index (χ4n) is 0.651. The van der Waals surface area contributed by atoms with Gasteiger partial charge in [-0.25, -0.2) is 9.18 Å². The zero-order valence-corrected chi connectivity index (χ0v) is 8.54. The van der Waals surface area contributed by atoms with E-state index in [1.54, 1.807) is 0 Å². The normalized spacial score (nSPS) is 15.0. The van der Waals surface area contributed by atoms with Gasteiger partial charge in [-0.2, -0.15) is 8.42 Å². The van der Waals surface area contributed by atoms with Crippen molar-refractivity contribution < 1.29 is 26.9 Å². The van der Waals surface area contributed by atoms with Crippen molar-refractivity contribution in [2.75, 3.05) is 5.75 Å². The van der Waals surface area contributed by atoms with Crippen molar-refractivity contribution in [3.05, 3.63) is 11.9 Å². The van der Waals surface area contributed by atoms with Gasteiger partial charge >= 0.3 is 5.97 Å². The van der Waals surface area contributed by atoms with E-state index in [9.17, 15) is 17.6 Å². The maximum atomic E-state index is 11.8. The Hall–Kier alpha value is -0.950. The first kappa shape index (κ1) is 13.1. The van der Waals surface area contributed by atoms with E-state index in [2.05, 4.69) is 4.74 Å². The molecule has 0 aromatic carbocycles.